The molecule has 0 saturated carbocycles. The Bertz CT molecular complexity index is 461. The van der Waals surface area contributed by atoms with Crippen molar-refractivity contribution in [3.63, 3.8) is 0 Å². The van der Waals surface area contributed by atoms with Gasteiger partial charge in [0, 0.05) is 36.3 Å². The lowest BCUT2D eigenvalue weighted by Gasteiger charge is -2.20. The second-order valence-corrected chi connectivity index (χ2v) is 5.60. The summed E-state index contributed by atoms with van der Waals surface area (Å²) in [6.07, 6.45) is 2.66. The Morgan fingerprint density at radius 2 is 2.42 bits per heavy atom. The van der Waals surface area contributed by atoms with E-state index in [1.54, 1.807) is 19.3 Å². The molecule has 1 aliphatic rings. The second kappa shape index (κ2) is 6.34. The summed E-state index contributed by atoms with van der Waals surface area (Å²) in [5.74, 6) is 0.857. The largest absolute Gasteiger partial charge is 0.381 e. The van der Waals surface area contributed by atoms with Crippen LogP contribution in [-0.2, 0) is 4.74 Å². The van der Waals surface area contributed by atoms with Crippen molar-refractivity contribution in [1.82, 2.24) is 10.3 Å². The maximum absolute atomic E-state index is 12.3. The van der Waals surface area contributed by atoms with Gasteiger partial charge in [0.1, 0.15) is 5.82 Å². The third kappa shape index (κ3) is 3.45. The summed E-state index contributed by atoms with van der Waals surface area (Å²) in [7, 11) is 1.75. The minimum absolute atomic E-state index is 0.0960. The number of carbonyl (C=O) groups excluding carboxylic acids is 1. The van der Waals surface area contributed by atoms with E-state index in [9.17, 15) is 4.79 Å². The number of rotatable bonds is 4. The normalized spacial score (nSPS) is 20.1. The van der Waals surface area contributed by atoms with Crippen LogP contribution in [0.4, 0.5) is 5.82 Å². The SMILES string of the molecule is CNc1ncc(Br)cc1C(=O)NC(C)C1CCOC1. The van der Waals surface area contributed by atoms with Gasteiger partial charge >= 0.3 is 0 Å². The zero-order valence-corrected chi connectivity index (χ0v) is 12.7. The summed E-state index contributed by atoms with van der Waals surface area (Å²) in [5, 5.41) is 5.95. The number of amides is 1. The minimum atomic E-state index is -0.113. The van der Waals surface area contributed by atoms with Crippen LogP contribution in [0.5, 0.6) is 0 Å². The van der Waals surface area contributed by atoms with Crippen molar-refractivity contribution in [2.24, 2.45) is 5.92 Å². The number of hydrogen-bond donors (Lipinski definition) is 2. The Kier molecular flexibility index (Phi) is 4.76. The third-order valence-electron chi connectivity index (χ3n) is 3.37. The van der Waals surface area contributed by atoms with Gasteiger partial charge in [0.15, 0.2) is 0 Å². The molecule has 1 aromatic heterocycles. The molecule has 19 heavy (non-hydrogen) atoms. The van der Waals surface area contributed by atoms with Crippen molar-refractivity contribution in [3.05, 3.63) is 22.3 Å². The van der Waals surface area contributed by atoms with Crippen molar-refractivity contribution >= 4 is 27.7 Å². The van der Waals surface area contributed by atoms with Crippen LogP contribution in [-0.4, -0.2) is 37.2 Å². The Hall–Kier alpha value is -1.14. The number of nitrogens with zero attached hydrogens (tertiary/aromatic N) is 1. The second-order valence-electron chi connectivity index (χ2n) is 4.69. The third-order valence-corrected chi connectivity index (χ3v) is 3.80. The highest BCUT2D eigenvalue weighted by Crippen LogP contribution is 2.20. The van der Waals surface area contributed by atoms with E-state index in [2.05, 4.69) is 31.5 Å². The molecule has 1 fully saturated rings. The average Bonchev–Trinajstić information content (AvgIpc) is 2.92. The Morgan fingerprint density at radius 1 is 1.63 bits per heavy atom. The summed E-state index contributed by atoms with van der Waals surface area (Å²) in [6, 6.07) is 1.87. The van der Waals surface area contributed by atoms with E-state index in [0.29, 0.717) is 17.3 Å². The van der Waals surface area contributed by atoms with E-state index in [0.717, 1.165) is 24.1 Å². The van der Waals surface area contributed by atoms with Crippen molar-refractivity contribution in [2.45, 2.75) is 19.4 Å². The molecule has 2 atom stereocenters. The average molecular weight is 328 g/mol. The molecule has 0 bridgehead atoms. The monoisotopic (exact) mass is 327 g/mol. The molecule has 2 N–H and O–H groups in total. The number of ether oxygens (including phenoxy) is 1. The smallest absolute Gasteiger partial charge is 0.255 e. The molecule has 5 nitrogen and oxygen atoms in total. The summed E-state index contributed by atoms with van der Waals surface area (Å²) in [4.78, 5) is 16.5. The molecule has 1 aromatic rings. The van der Waals surface area contributed by atoms with E-state index in [4.69, 9.17) is 4.74 Å². The molecule has 0 spiro atoms. The van der Waals surface area contributed by atoms with Gasteiger partial charge in [0.25, 0.3) is 5.91 Å². The number of halogens is 1. The number of anilines is 1. The summed E-state index contributed by atoms with van der Waals surface area (Å²) < 4.78 is 6.13. The predicted molar refractivity (Wildman–Crippen MR) is 77.3 cm³/mol. The lowest BCUT2D eigenvalue weighted by Crippen LogP contribution is -2.38. The molecule has 0 aromatic carbocycles. The molecule has 2 rings (SSSR count). The van der Waals surface area contributed by atoms with Crippen LogP contribution < -0.4 is 10.6 Å². The quantitative estimate of drug-likeness (QED) is 0.888. The van der Waals surface area contributed by atoms with Gasteiger partial charge in [-0.2, -0.15) is 0 Å². The molecular formula is C13H18BrN3O2. The maximum Gasteiger partial charge on any atom is 0.255 e. The predicted octanol–water partition coefficient (Wildman–Crippen LogP) is 2.04. The number of pyridine rings is 1. The molecular weight excluding hydrogens is 310 g/mol. The zero-order valence-electron chi connectivity index (χ0n) is 11.1. The first kappa shape index (κ1) is 14.3. The van der Waals surface area contributed by atoms with E-state index in [1.165, 1.54) is 0 Å². The van der Waals surface area contributed by atoms with Gasteiger partial charge in [-0.15, -0.1) is 0 Å². The van der Waals surface area contributed by atoms with Crippen molar-refractivity contribution < 1.29 is 9.53 Å². The molecule has 2 heterocycles. The van der Waals surface area contributed by atoms with Crippen LogP contribution in [0.1, 0.15) is 23.7 Å². The Balaban J connectivity index is 2.08. The number of aromatic nitrogens is 1. The van der Waals surface area contributed by atoms with Gasteiger partial charge in [0.2, 0.25) is 0 Å². The molecule has 104 valence electrons. The van der Waals surface area contributed by atoms with Gasteiger partial charge in [0.05, 0.1) is 12.2 Å². The number of nitrogens with one attached hydrogen (secondary N) is 2. The van der Waals surface area contributed by atoms with Gasteiger partial charge in [-0.1, -0.05) is 0 Å². The fraction of sp³-hybridized carbons (Fsp3) is 0.538. The highest BCUT2D eigenvalue weighted by molar-refractivity contribution is 9.10. The molecule has 0 radical (unpaired) electrons. The maximum atomic E-state index is 12.3. The standard InChI is InChI=1S/C13H18BrN3O2/c1-8(9-3-4-19-7-9)17-13(18)11-5-10(14)6-16-12(11)15-2/h5-6,8-9H,3-4,7H2,1-2H3,(H,15,16)(H,17,18). The highest BCUT2D eigenvalue weighted by atomic mass is 79.9. The lowest BCUT2D eigenvalue weighted by molar-refractivity contribution is 0.0922. The summed E-state index contributed by atoms with van der Waals surface area (Å²) in [6.45, 7) is 3.52. The first-order valence-corrected chi connectivity index (χ1v) is 7.13. The summed E-state index contributed by atoms with van der Waals surface area (Å²) in [5.41, 5.74) is 0.544. The first-order chi connectivity index (χ1) is 9.11. The Morgan fingerprint density at radius 3 is 3.05 bits per heavy atom. The van der Waals surface area contributed by atoms with Gasteiger partial charge in [-0.25, -0.2) is 4.98 Å². The van der Waals surface area contributed by atoms with Crippen LogP contribution in [0.25, 0.3) is 0 Å². The molecule has 1 aliphatic heterocycles. The number of carbonyl (C=O) groups is 1. The van der Waals surface area contributed by atoms with Crippen LogP contribution in [0, 0.1) is 5.92 Å². The number of hydrogen-bond acceptors (Lipinski definition) is 4. The highest BCUT2D eigenvalue weighted by Gasteiger charge is 2.24. The van der Waals surface area contributed by atoms with Crippen LogP contribution >= 0.6 is 15.9 Å². The van der Waals surface area contributed by atoms with Crippen LogP contribution in [0.15, 0.2) is 16.7 Å². The Labute approximate surface area is 121 Å². The minimum Gasteiger partial charge on any atom is -0.381 e. The van der Waals surface area contributed by atoms with Crippen LogP contribution in [0.2, 0.25) is 0 Å². The van der Waals surface area contributed by atoms with E-state index in [1.807, 2.05) is 6.92 Å². The molecule has 0 aliphatic carbocycles. The zero-order chi connectivity index (χ0) is 13.8. The van der Waals surface area contributed by atoms with Crippen LogP contribution in [0.3, 0.4) is 0 Å². The van der Waals surface area contributed by atoms with E-state index >= 15 is 0 Å². The molecule has 2 unspecified atom stereocenters. The van der Waals surface area contributed by atoms with Gasteiger partial charge < -0.3 is 15.4 Å². The topological polar surface area (TPSA) is 63.2 Å². The van der Waals surface area contributed by atoms with Gasteiger partial charge in [-0.05, 0) is 35.3 Å². The molecule has 6 heteroatoms. The molecule has 1 amide bonds. The lowest BCUT2D eigenvalue weighted by atomic mass is 10.0. The van der Waals surface area contributed by atoms with Crippen molar-refractivity contribution in [1.29, 1.82) is 0 Å². The van der Waals surface area contributed by atoms with Crippen molar-refractivity contribution in [3.8, 4) is 0 Å². The first-order valence-electron chi connectivity index (χ1n) is 6.33. The van der Waals surface area contributed by atoms with Gasteiger partial charge in [-0.3, -0.25) is 4.79 Å². The molecule has 1 saturated heterocycles. The fourth-order valence-corrected chi connectivity index (χ4v) is 2.49. The fourth-order valence-electron chi connectivity index (χ4n) is 2.16. The van der Waals surface area contributed by atoms with E-state index in [-0.39, 0.29) is 11.9 Å². The summed E-state index contributed by atoms with van der Waals surface area (Å²) >= 11 is 3.34. The van der Waals surface area contributed by atoms with E-state index < -0.39 is 0 Å². The van der Waals surface area contributed by atoms with Crippen molar-refractivity contribution in [2.75, 3.05) is 25.6 Å².